The van der Waals surface area contributed by atoms with E-state index in [0.29, 0.717) is 10.6 Å². The second-order valence-corrected chi connectivity index (χ2v) is 8.37. The van der Waals surface area contributed by atoms with Crippen LogP contribution in [-0.4, -0.2) is 17.3 Å². The van der Waals surface area contributed by atoms with Gasteiger partial charge < -0.3 is 0 Å². The van der Waals surface area contributed by atoms with Gasteiger partial charge in [0.25, 0.3) is 0 Å². The molecule has 0 aliphatic heterocycles. The normalized spacial score (nSPS) is 21.7. The molecule has 0 aromatic heterocycles. The van der Waals surface area contributed by atoms with Gasteiger partial charge in [-0.2, -0.15) is 0 Å². The van der Waals surface area contributed by atoms with E-state index in [1.165, 1.54) is 11.1 Å². The fourth-order valence-corrected chi connectivity index (χ4v) is 5.37. The van der Waals surface area contributed by atoms with Gasteiger partial charge in [-0.15, -0.1) is 0 Å². The number of hydrogen-bond acceptors (Lipinski definition) is 3. The Hall–Kier alpha value is -2.26. The van der Waals surface area contributed by atoms with Crippen molar-refractivity contribution in [2.75, 3.05) is 0 Å². The number of Topliss-reactive ketones (excluding diaryl/α,β-unsaturated/α-hetero) is 3. The van der Waals surface area contributed by atoms with Gasteiger partial charge in [-0.1, -0.05) is 41.9 Å². The van der Waals surface area contributed by atoms with Crippen LogP contribution in [0, 0.1) is 19.8 Å². The van der Waals surface area contributed by atoms with Crippen molar-refractivity contribution in [2.24, 2.45) is 5.92 Å². The molecule has 0 heterocycles. The van der Waals surface area contributed by atoms with Crippen molar-refractivity contribution in [1.29, 1.82) is 0 Å². The molecule has 1 fully saturated rings. The predicted molar refractivity (Wildman–Crippen MR) is 109 cm³/mol. The summed E-state index contributed by atoms with van der Waals surface area (Å²) in [5.41, 5.74) is 6.22. The molecule has 2 aliphatic carbocycles. The van der Waals surface area contributed by atoms with Crippen LogP contribution in [-0.2, 0) is 22.4 Å². The minimum Gasteiger partial charge on any atom is -0.298 e. The number of carbonyl (C=O) groups excluding carboxylic acids is 3. The lowest BCUT2D eigenvalue weighted by Gasteiger charge is -2.29. The van der Waals surface area contributed by atoms with Crippen molar-refractivity contribution in [3.63, 3.8) is 0 Å². The molecule has 0 amide bonds. The molecule has 2 aromatic carbocycles. The summed E-state index contributed by atoms with van der Waals surface area (Å²) in [4.78, 5) is 38.5. The summed E-state index contributed by atoms with van der Waals surface area (Å²) < 4.78 is 0. The maximum atomic E-state index is 12.9. The fourth-order valence-electron chi connectivity index (χ4n) is 4.96. The Kier molecular flexibility index (Phi) is 4.96. The SMILES string of the molecule is Cc1c(Cl)c(C2CC(=O)C(C(=O)c3ccccc3)C(=O)C2)c(C)c2c1CCC2. The first-order chi connectivity index (χ1) is 13.4. The first kappa shape index (κ1) is 19.1. The third kappa shape index (κ3) is 3.02. The van der Waals surface area contributed by atoms with Gasteiger partial charge in [-0.25, -0.2) is 0 Å². The summed E-state index contributed by atoms with van der Waals surface area (Å²) in [5, 5.41) is 0.691. The molecular weight excluding hydrogens is 372 g/mol. The minimum absolute atomic E-state index is 0.188. The van der Waals surface area contributed by atoms with Gasteiger partial charge in [0.15, 0.2) is 17.3 Å². The number of fused-ring (bicyclic) bond motifs is 1. The predicted octanol–water partition coefficient (Wildman–Crippen LogP) is 4.96. The summed E-state index contributed by atoms with van der Waals surface area (Å²) in [6, 6.07) is 8.59. The van der Waals surface area contributed by atoms with Crippen molar-refractivity contribution in [3.05, 3.63) is 68.7 Å². The smallest absolute Gasteiger partial charge is 0.180 e. The molecule has 4 rings (SSSR count). The summed E-state index contributed by atoms with van der Waals surface area (Å²) >= 11 is 6.72. The molecule has 0 saturated heterocycles. The molecule has 2 aliphatic rings. The monoisotopic (exact) mass is 394 g/mol. The van der Waals surface area contributed by atoms with Crippen molar-refractivity contribution < 1.29 is 14.4 Å². The average Bonchev–Trinajstić information content (AvgIpc) is 3.17. The molecule has 0 N–H and O–H groups in total. The number of hydrogen-bond donors (Lipinski definition) is 0. The Morgan fingerprint density at radius 1 is 0.929 bits per heavy atom. The zero-order chi connectivity index (χ0) is 20.0. The summed E-state index contributed by atoms with van der Waals surface area (Å²) in [5.74, 6) is -2.38. The summed E-state index contributed by atoms with van der Waals surface area (Å²) in [6.07, 6.45) is 3.56. The Labute approximate surface area is 170 Å². The average molecular weight is 395 g/mol. The van der Waals surface area contributed by atoms with Crippen LogP contribution in [0.25, 0.3) is 0 Å². The van der Waals surface area contributed by atoms with E-state index in [4.69, 9.17) is 11.6 Å². The van der Waals surface area contributed by atoms with Gasteiger partial charge in [0, 0.05) is 23.4 Å². The van der Waals surface area contributed by atoms with Crippen LogP contribution >= 0.6 is 11.6 Å². The van der Waals surface area contributed by atoms with Crippen LogP contribution in [0.15, 0.2) is 30.3 Å². The Morgan fingerprint density at radius 2 is 1.50 bits per heavy atom. The number of carbonyl (C=O) groups is 3. The molecule has 2 aromatic rings. The van der Waals surface area contributed by atoms with Crippen molar-refractivity contribution in [1.82, 2.24) is 0 Å². The number of benzene rings is 2. The van der Waals surface area contributed by atoms with Gasteiger partial charge in [0.1, 0.15) is 5.92 Å². The van der Waals surface area contributed by atoms with Crippen LogP contribution < -0.4 is 0 Å². The van der Waals surface area contributed by atoms with Crippen LogP contribution in [0.2, 0.25) is 5.02 Å². The van der Waals surface area contributed by atoms with E-state index in [2.05, 4.69) is 6.92 Å². The highest BCUT2D eigenvalue weighted by atomic mass is 35.5. The zero-order valence-corrected chi connectivity index (χ0v) is 16.9. The molecule has 0 bridgehead atoms. The Balaban J connectivity index is 1.66. The highest BCUT2D eigenvalue weighted by Gasteiger charge is 2.42. The lowest BCUT2D eigenvalue weighted by molar-refractivity contribution is -0.133. The van der Waals surface area contributed by atoms with Gasteiger partial charge in [0.05, 0.1) is 0 Å². The summed E-state index contributed by atoms with van der Waals surface area (Å²) in [7, 11) is 0. The zero-order valence-electron chi connectivity index (χ0n) is 16.2. The standard InChI is InChI=1S/C24H23ClO3/c1-13-17-9-6-10-18(17)14(2)23(25)21(13)16-11-19(26)22(20(27)12-16)24(28)15-7-4-3-5-8-15/h3-5,7-8,16,22H,6,9-12H2,1-2H3. The third-order valence-corrected chi connectivity index (χ3v) is 6.85. The van der Waals surface area contributed by atoms with Crippen molar-refractivity contribution >= 4 is 29.0 Å². The largest absolute Gasteiger partial charge is 0.298 e. The van der Waals surface area contributed by atoms with Gasteiger partial charge in [-0.05, 0) is 66.8 Å². The highest BCUT2D eigenvalue weighted by Crippen LogP contribution is 2.43. The third-order valence-electron chi connectivity index (χ3n) is 6.36. The quantitative estimate of drug-likeness (QED) is 0.546. The van der Waals surface area contributed by atoms with Gasteiger partial charge >= 0.3 is 0 Å². The Morgan fingerprint density at radius 3 is 2.11 bits per heavy atom. The molecule has 4 heteroatoms. The highest BCUT2D eigenvalue weighted by molar-refractivity contribution is 6.32. The van der Waals surface area contributed by atoms with Crippen LogP contribution in [0.5, 0.6) is 0 Å². The first-order valence-electron chi connectivity index (χ1n) is 9.85. The van der Waals surface area contributed by atoms with Crippen LogP contribution in [0.4, 0.5) is 0 Å². The number of rotatable bonds is 3. The lowest BCUT2D eigenvalue weighted by atomic mass is 9.72. The second kappa shape index (κ2) is 7.29. The number of ketones is 3. The van der Waals surface area contributed by atoms with Crippen LogP contribution in [0.3, 0.4) is 0 Å². The van der Waals surface area contributed by atoms with Crippen molar-refractivity contribution in [3.8, 4) is 0 Å². The maximum absolute atomic E-state index is 12.9. The van der Waals surface area contributed by atoms with E-state index in [0.717, 1.165) is 36.0 Å². The van der Waals surface area contributed by atoms with Crippen LogP contribution in [0.1, 0.15) is 63.4 Å². The number of halogens is 1. The molecule has 0 unspecified atom stereocenters. The van der Waals surface area contributed by atoms with E-state index in [1.54, 1.807) is 30.3 Å². The lowest BCUT2D eigenvalue weighted by Crippen LogP contribution is -2.38. The second-order valence-electron chi connectivity index (χ2n) is 7.99. The molecule has 144 valence electrons. The fraction of sp³-hybridized carbons (Fsp3) is 0.375. The molecule has 1 saturated carbocycles. The summed E-state index contributed by atoms with van der Waals surface area (Å²) in [6.45, 7) is 4.09. The van der Waals surface area contributed by atoms with Gasteiger partial charge in [-0.3, -0.25) is 14.4 Å². The van der Waals surface area contributed by atoms with E-state index >= 15 is 0 Å². The maximum Gasteiger partial charge on any atom is 0.180 e. The Bertz CT molecular complexity index is 973. The molecule has 3 nitrogen and oxygen atoms in total. The van der Waals surface area contributed by atoms with E-state index in [-0.39, 0.29) is 36.1 Å². The van der Waals surface area contributed by atoms with Gasteiger partial charge in [0.2, 0.25) is 0 Å². The van der Waals surface area contributed by atoms with E-state index < -0.39 is 5.92 Å². The molecule has 0 atom stereocenters. The molecular formula is C24H23ClO3. The van der Waals surface area contributed by atoms with Crippen molar-refractivity contribution in [2.45, 2.75) is 51.9 Å². The van der Waals surface area contributed by atoms with E-state index in [9.17, 15) is 14.4 Å². The van der Waals surface area contributed by atoms with E-state index in [1.807, 2.05) is 6.92 Å². The topological polar surface area (TPSA) is 51.2 Å². The molecule has 28 heavy (non-hydrogen) atoms. The first-order valence-corrected chi connectivity index (χ1v) is 10.2. The minimum atomic E-state index is -1.17. The molecule has 0 radical (unpaired) electrons. The molecule has 0 spiro atoms.